The van der Waals surface area contributed by atoms with E-state index in [2.05, 4.69) is 3.53 Å². The van der Waals surface area contributed by atoms with E-state index < -0.39 is 0 Å². The first-order chi connectivity index (χ1) is 2.81. The van der Waals surface area contributed by atoms with Gasteiger partial charge in [-0.3, -0.25) is 3.53 Å². The summed E-state index contributed by atoms with van der Waals surface area (Å²) < 4.78 is 2.83. The predicted octanol–water partition coefficient (Wildman–Crippen LogP) is 0.307. The van der Waals surface area contributed by atoms with Gasteiger partial charge in [0.2, 0.25) is 0 Å². The van der Waals surface area contributed by atoms with Crippen LogP contribution in [0.4, 0.5) is 0 Å². The smallest absolute Gasteiger partial charge is 0.0589 e. The molecular formula is C3H8INO. The van der Waals surface area contributed by atoms with Crippen LogP contribution in [-0.2, 0) is 0 Å². The third-order valence-electron chi connectivity index (χ3n) is 0.460. The summed E-state index contributed by atoms with van der Waals surface area (Å²) in [6, 6.07) is 0.227. The van der Waals surface area contributed by atoms with Crippen molar-refractivity contribution < 1.29 is 5.11 Å². The molecule has 2 nitrogen and oxygen atoms in total. The monoisotopic (exact) mass is 201 g/mol. The van der Waals surface area contributed by atoms with Crippen LogP contribution >= 0.6 is 22.9 Å². The summed E-state index contributed by atoms with van der Waals surface area (Å²) in [6.07, 6.45) is 0. The first-order valence-corrected chi connectivity index (χ1v) is 2.86. The van der Waals surface area contributed by atoms with E-state index in [0.29, 0.717) is 0 Å². The molecule has 6 heavy (non-hydrogen) atoms. The minimum absolute atomic E-state index is 0.211. The Labute approximate surface area is 51.4 Å². The molecular weight excluding hydrogens is 193 g/mol. The highest BCUT2D eigenvalue weighted by atomic mass is 127. The third-order valence-corrected chi connectivity index (χ3v) is 1.52. The topological polar surface area (TPSA) is 32.3 Å². The zero-order valence-corrected chi connectivity index (χ0v) is 5.77. The van der Waals surface area contributed by atoms with Crippen LogP contribution in [0.1, 0.15) is 6.92 Å². The minimum Gasteiger partial charge on any atom is -0.395 e. The van der Waals surface area contributed by atoms with Crippen LogP contribution in [0.25, 0.3) is 0 Å². The molecule has 0 aromatic rings. The number of hydrogen-bond donors (Lipinski definition) is 2. The Bertz CT molecular complexity index is 30.0. The normalized spacial score (nSPS) is 14.5. The second-order valence-electron chi connectivity index (χ2n) is 1.19. The van der Waals surface area contributed by atoms with Gasteiger partial charge in [-0.2, -0.15) is 0 Å². The van der Waals surface area contributed by atoms with Gasteiger partial charge in [0.25, 0.3) is 0 Å². The highest BCUT2D eigenvalue weighted by molar-refractivity contribution is 14.1. The van der Waals surface area contributed by atoms with Crippen LogP contribution in [0.2, 0.25) is 0 Å². The van der Waals surface area contributed by atoms with Crippen LogP contribution in [0.15, 0.2) is 0 Å². The lowest BCUT2D eigenvalue weighted by Gasteiger charge is -1.99. The van der Waals surface area contributed by atoms with Crippen LogP contribution in [0, 0.1) is 0 Å². The van der Waals surface area contributed by atoms with Crippen molar-refractivity contribution in [1.82, 2.24) is 3.53 Å². The van der Waals surface area contributed by atoms with Crippen molar-refractivity contribution in [1.29, 1.82) is 0 Å². The van der Waals surface area contributed by atoms with Crippen molar-refractivity contribution in [3.8, 4) is 0 Å². The lowest BCUT2D eigenvalue weighted by Crippen LogP contribution is -2.19. The van der Waals surface area contributed by atoms with Crippen LogP contribution in [0.5, 0.6) is 0 Å². The maximum Gasteiger partial charge on any atom is 0.0589 e. The number of aliphatic hydroxyl groups excluding tert-OH is 1. The predicted molar refractivity (Wildman–Crippen MR) is 33.7 cm³/mol. The fourth-order valence-electron chi connectivity index (χ4n) is 0.0345. The molecule has 0 heterocycles. The molecule has 0 aliphatic rings. The molecule has 0 aromatic heterocycles. The first-order valence-electron chi connectivity index (χ1n) is 1.78. The van der Waals surface area contributed by atoms with E-state index in [1.807, 2.05) is 29.8 Å². The third kappa shape index (κ3) is 2.87. The largest absolute Gasteiger partial charge is 0.395 e. The van der Waals surface area contributed by atoms with Gasteiger partial charge in [-0.05, 0) is 6.92 Å². The average Bonchev–Trinajstić information content (AvgIpc) is 1.65. The standard InChI is InChI=1S/C3H8INO/c1-3(2-6)5-4/h3,5-6H,2H2,1H3. The van der Waals surface area contributed by atoms with Crippen molar-refractivity contribution in [2.24, 2.45) is 0 Å². The van der Waals surface area contributed by atoms with Gasteiger partial charge < -0.3 is 5.11 Å². The van der Waals surface area contributed by atoms with Crippen molar-refractivity contribution in [3.05, 3.63) is 0 Å². The molecule has 3 heteroatoms. The average molecular weight is 201 g/mol. The van der Waals surface area contributed by atoms with Crippen molar-refractivity contribution >= 4 is 22.9 Å². The zero-order chi connectivity index (χ0) is 4.99. The molecule has 0 radical (unpaired) electrons. The van der Waals surface area contributed by atoms with E-state index in [-0.39, 0.29) is 12.6 Å². The molecule has 1 atom stereocenters. The molecule has 0 saturated carbocycles. The van der Waals surface area contributed by atoms with Crippen molar-refractivity contribution in [3.63, 3.8) is 0 Å². The van der Waals surface area contributed by atoms with Crippen molar-refractivity contribution in [2.45, 2.75) is 13.0 Å². The molecule has 0 fully saturated rings. The zero-order valence-electron chi connectivity index (χ0n) is 3.61. The van der Waals surface area contributed by atoms with Gasteiger partial charge >= 0.3 is 0 Å². The van der Waals surface area contributed by atoms with E-state index in [9.17, 15) is 0 Å². The van der Waals surface area contributed by atoms with Gasteiger partial charge in [0.1, 0.15) is 0 Å². The van der Waals surface area contributed by atoms with Gasteiger partial charge in [0.05, 0.1) is 6.61 Å². The van der Waals surface area contributed by atoms with Gasteiger partial charge in [-0.15, -0.1) is 0 Å². The van der Waals surface area contributed by atoms with E-state index in [0.717, 1.165) is 0 Å². The van der Waals surface area contributed by atoms with E-state index in [1.165, 1.54) is 0 Å². The maximum atomic E-state index is 8.27. The van der Waals surface area contributed by atoms with Crippen LogP contribution in [0.3, 0.4) is 0 Å². The summed E-state index contributed by atoms with van der Waals surface area (Å²) in [7, 11) is 0. The molecule has 0 aliphatic carbocycles. The molecule has 0 rings (SSSR count). The number of hydrogen-bond acceptors (Lipinski definition) is 2. The molecule has 38 valence electrons. The fourth-order valence-corrected chi connectivity index (χ4v) is 0.231. The highest BCUT2D eigenvalue weighted by Crippen LogP contribution is 1.79. The Kier molecular flexibility index (Phi) is 4.24. The fraction of sp³-hybridized carbons (Fsp3) is 1.00. The Morgan fingerprint density at radius 3 is 2.50 bits per heavy atom. The first kappa shape index (κ1) is 6.65. The summed E-state index contributed by atoms with van der Waals surface area (Å²) in [5.74, 6) is 0. The number of halogens is 1. The molecule has 0 amide bonds. The second-order valence-corrected chi connectivity index (χ2v) is 1.82. The SMILES string of the molecule is CC(CO)NI. The number of rotatable bonds is 2. The Morgan fingerprint density at radius 2 is 2.50 bits per heavy atom. The lowest BCUT2D eigenvalue weighted by molar-refractivity contribution is 0.269. The maximum absolute atomic E-state index is 8.27. The van der Waals surface area contributed by atoms with E-state index in [4.69, 9.17) is 5.11 Å². The second kappa shape index (κ2) is 3.83. The van der Waals surface area contributed by atoms with Crippen LogP contribution < -0.4 is 3.53 Å². The quantitative estimate of drug-likeness (QED) is 0.497. The minimum atomic E-state index is 0.211. The highest BCUT2D eigenvalue weighted by Gasteiger charge is 1.89. The molecule has 0 saturated heterocycles. The van der Waals surface area contributed by atoms with Gasteiger partial charge in [-0.1, -0.05) is 0 Å². The number of aliphatic hydroxyl groups is 1. The van der Waals surface area contributed by atoms with Crippen LogP contribution in [-0.4, -0.2) is 17.8 Å². The molecule has 2 N–H and O–H groups in total. The summed E-state index contributed by atoms with van der Waals surface area (Å²) in [4.78, 5) is 0. The molecule has 0 aromatic carbocycles. The summed E-state index contributed by atoms with van der Waals surface area (Å²) in [6.45, 7) is 2.12. The molecule has 0 aliphatic heterocycles. The van der Waals surface area contributed by atoms with E-state index in [1.54, 1.807) is 0 Å². The summed E-state index contributed by atoms with van der Waals surface area (Å²) in [5.41, 5.74) is 0. The molecule has 1 unspecified atom stereocenters. The Balaban J connectivity index is 2.75. The van der Waals surface area contributed by atoms with Gasteiger partial charge in [-0.25, -0.2) is 0 Å². The van der Waals surface area contributed by atoms with Crippen molar-refractivity contribution in [2.75, 3.05) is 6.61 Å². The Morgan fingerprint density at radius 1 is 2.00 bits per heavy atom. The lowest BCUT2D eigenvalue weighted by atomic mass is 10.4. The van der Waals surface area contributed by atoms with E-state index >= 15 is 0 Å². The molecule has 0 bridgehead atoms. The van der Waals surface area contributed by atoms with Gasteiger partial charge in [0.15, 0.2) is 0 Å². The van der Waals surface area contributed by atoms with Gasteiger partial charge in [0, 0.05) is 28.9 Å². The summed E-state index contributed by atoms with van der Waals surface area (Å²) >= 11 is 2.00. The Hall–Kier alpha value is 0.650. The summed E-state index contributed by atoms with van der Waals surface area (Å²) in [5, 5.41) is 8.27. The molecule has 0 spiro atoms. The number of nitrogens with one attached hydrogen (secondary N) is 1.